The molecule has 2 aliphatic heterocycles. The minimum absolute atomic E-state index is 0.0760. The van der Waals surface area contributed by atoms with Gasteiger partial charge in [0, 0.05) is 17.0 Å². The van der Waals surface area contributed by atoms with Gasteiger partial charge in [0.1, 0.15) is 23.5 Å². The standard InChI is InChI=1S/C26H24FN6O/c1-15-9-24(30-17-5-3-2-4-6-17)31-22-13-20(21(27)12-19(15)22)26-32-25(16-10-18(34)11-16)23-14-29-7-8-33(23,26)28/h2-9,12-14,16,18,34H,10-11,28H2,1H3,(H,30,31)/q+1. The number of pyridine rings is 1. The second-order valence-corrected chi connectivity index (χ2v) is 9.05. The smallest absolute Gasteiger partial charge is 0.267 e. The average molecular weight is 456 g/mol. The zero-order valence-electron chi connectivity index (χ0n) is 18.6. The van der Waals surface area contributed by atoms with Gasteiger partial charge in [-0.25, -0.2) is 9.37 Å². The summed E-state index contributed by atoms with van der Waals surface area (Å²) in [4.78, 5) is 13.8. The van der Waals surface area contributed by atoms with E-state index >= 15 is 4.39 Å². The normalized spacial score (nSPS) is 25.4. The summed E-state index contributed by atoms with van der Waals surface area (Å²) < 4.78 is 15.3. The molecule has 0 amide bonds. The lowest BCUT2D eigenvalue weighted by Crippen LogP contribution is -2.53. The molecule has 0 saturated heterocycles. The number of allylic oxidation sites excluding steroid dienone is 2. The number of hydrogen-bond donors (Lipinski definition) is 3. The van der Waals surface area contributed by atoms with Crippen LogP contribution in [0.4, 0.5) is 15.9 Å². The number of quaternary nitrogens is 1. The van der Waals surface area contributed by atoms with E-state index < -0.39 is 5.82 Å². The van der Waals surface area contributed by atoms with Crippen LogP contribution in [0.3, 0.4) is 0 Å². The van der Waals surface area contributed by atoms with Gasteiger partial charge in [-0.15, -0.1) is 4.59 Å². The number of anilines is 2. The van der Waals surface area contributed by atoms with Crippen LogP contribution >= 0.6 is 0 Å². The molecule has 6 rings (SSSR count). The van der Waals surface area contributed by atoms with Crippen molar-refractivity contribution in [1.82, 2.24) is 4.98 Å². The van der Waals surface area contributed by atoms with Crippen molar-refractivity contribution in [2.45, 2.75) is 25.9 Å². The topological polar surface area (TPSA) is 95.9 Å². The van der Waals surface area contributed by atoms with Gasteiger partial charge in [0.2, 0.25) is 5.70 Å². The number of hydrogen-bond acceptors (Lipinski definition) is 6. The largest absolute Gasteiger partial charge is 0.393 e. The predicted octanol–water partition coefficient (Wildman–Crippen LogP) is 4.41. The van der Waals surface area contributed by atoms with Gasteiger partial charge in [-0.1, -0.05) is 18.2 Å². The van der Waals surface area contributed by atoms with Crippen LogP contribution in [-0.2, 0) is 0 Å². The molecule has 1 fully saturated rings. The number of aliphatic hydroxyl groups excluding tert-OH is 1. The van der Waals surface area contributed by atoms with Crippen LogP contribution in [0.25, 0.3) is 10.9 Å². The van der Waals surface area contributed by atoms with E-state index in [0.29, 0.717) is 41.3 Å². The van der Waals surface area contributed by atoms with Gasteiger partial charge in [-0.05, 0) is 55.7 Å². The van der Waals surface area contributed by atoms with E-state index in [1.54, 1.807) is 24.7 Å². The SMILES string of the molecule is Cc1cc(Nc2ccccc2)nc2cc(C3=NC(C4CC(O)C4)=C4C=NC=C[N+]34N)c(F)cc12. The fraction of sp³-hybridized carbons (Fsp3) is 0.192. The van der Waals surface area contributed by atoms with E-state index in [-0.39, 0.29) is 16.6 Å². The average Bonchev–Trinajstić information content (AvgIpc) is 3.10. The Morgan fingerprint density at radius 2 is 1.94 bits per heavy atom. The van der Waals surface area contributed by atoms with Crippen molar-refractivity contribution >= 4 is 34.5 Å². The number of nitrogens with zero attached hydrogens (tertiary/aromatic N) is 4. The Bertz CT molecular complexity index is 1440. The summed E-state index contributed by atoms with van der Waals surface area (Å²) in [6.07, 6.45) is 5.87. The van der Waals surface area contributed by atoms with Crippen LogP contribution in [0.15, 0.2) is 82.3 Å². The molecule has 7 nitrogen and oxygen atoms in total. The van der Waals surface area contributed by atoms with Crippen LogP contribution in [0.2, 0.25) is 0 Å². The first-order valence-electron chi connectivity index (χ1n) is 11.3. The first-order valence-corrected chi connectivity index (χ1v) is 11.3. The summed E-state index contributed by atoms with van der Waals surface area (Å²) in [5, 5.41) is 13.9. The fourth-order valence-electron chi connectivity index (χ4n) is 4.82. The third-order valence-electron chi connectivity index (χ3n) is 6.71. The maximum atomic E-state index is 15.5. The monoisotopic (exact) mass is 455 g/mol. The summed E-state index contributed by atoms with van der Waals surface area (Å²) in [6.45, 7) is 1.94. The van der Waals surface area contributed by atoms with Gasteiger partial charge in [0.05, 0.1) is 29.6 Å². The molecule has 0 spiro atoms. The summed E-state index contributed by atoms with van der Waals surface area (Å²) >= 11 is 0. The molecule has 3 heterocycles. The number of halogens is 1. The Balaban J connectivity index is 1.45. The number of nitrogens with one attached hydrogen (secondary N) is 1. The van der Waals surface area contributed by atoms with Gasteiger partial charge in [0.15, 0.2) is 0 Å². The third-order valence-corrected chi connectivity index (χ3v) is 6.71. The van der Waals surface area contributed by atoms with Crippen molar-refractivity contribution < 1.29 is 14.1 Å². The molecule has 1 unspecified atom stereocenters. The van der Waals surface area contributed by atoms with Crippen molar-refractivity contribution in [3.05, 3.63) is 89.3 Å². The molecule has 1 atom stereocenters. The van der Waals surface area contributed by atoms with E-state index in [2.05, 4.69) is 10.3 Å². The van der Waals surface area contributed by atoms with Crippen molar-refractivity contribution in [2.75, 3.05) is 5.32 Å². The van der Waals surface area contributed by atoms with E-state index in [9.17, 15) is 5.11 Å². The highest BCUT2D eigenvalue weighted by Crippen LogP contribution is 2.42. The number of para-hydroxylation sites is 1. The predicted molar refractivity (Wildman–Crippen MR) is 131 cm³/mol. The van der Waals surface area contributed by atoms with Crippen LogP contribution in [0.1, 0.15) is 24.0 Å². The highest BCUT2D eigenvalue weighted by atomic mass is 19.1. The minimum Gasteiger partial charge on any atom is -0.393 e. The molecule has 1 saturated carbocycles. The molecule has 170 valence electrons. The Labute approximate surface area is 196 Å². The van der Waals surface area contributed by atoms with Gasteiger partial charge in [0.25, 0.3) is 5.84 Å². The molecule has 34 heavy (non-hydrogen) atoms. The zero-order chi connectivity index (χ0) is 23.4. The minimum atomic E-state index is -0.409. The number of benzene rings is 2. The lowest BCUT2D eigenvalue weighted by molar-refractivity contribution is -0.750. The van der Waals surface area contributed by atoms with E-state index in [1.165, 1.54) is 6.07 Å². The molecule has 0 bridgehead atoms. The Kier molecular flexibility index (Phi) is 4.70. The number of nitrogens with two attached hydrogens (primary N) is 1. The van der Waals surface area contributed by atoms with Crippen LogP contribution in [0.5, 0.6) is 0 Å². The number of aliphatic imine (C=N–C) groups is 2. The van der Waals surface area contributed by atoms with Crippen LogP contribution in [0, 0.1) is 18.7 Å². The van der Waals surface area contributed by atoms with E-state index in [0.717, 1.165) is 22.3 Å². The first-order chi connectivity index (χ1) is 16.4. The summed E-state index contributed by atoms with van der Waals surface area (Å²) in [7, 11) is 0. The van der Waals surface area contributed by atoms with Crippen molar-refractivity contribution in [3.63, 3.8) is 0 Å². The number of aliphatic hydroxyl groups is 1. The van der Waals surface area contributed by atoms with E-state index in [4.69, 9.17) is 15.8 Å². The molecule has 3 aromatic rings. The van der Waals surface area contributed by atoms with Crippen molar-refractivity contribution in [3.8, 4) is 0 Å². The molecule has 1 aromatic heterocycles. The Morgan fingerprint density at radius 1 is 1.15 bits per heavy atom. The molecular formula is C26H24FN6O+. The summed E-state index contributed by atoms with van der Waals surface area (Å²) in [5.41, 5.74) is 4.24. The lowest BCUT2D eigenvalue weighted by atomic mass is 9.79. The summed E-state index contributed by atoms with van der Waals surface area (Å²) in [6, 6.07) is 14.9. The lowest BCUT2D eigenvalue weighted by Gasteiger charge is -2.31. The number of fused-ring (bicyclic) bond motifs is 2. The molecular weight excluding hydrogens is 431 g/mol. The Morgan fingerprint density at radius 3 is 2.71 bits per heavy atom. The molecule has 8 heteroatoms. The number of aromatic nitrogens is 1. The zero-order valence-corrected chi connectivity index (χ0v) is 18.6. The van der Waals surface area contributed by atoms with Crippen molar-refractivity contribution in [1.29, 1.82) is 0 Å². The van der Waals surface area contributed by atoms with Gasteiger partial charge < -0.3 is 10.4 Å². The quantitative estimate of drug-likeness (QED) is 0.401. The summed E-state index contributed by atoms with van der Waals surface area (Å²) in [5.74, 6) is 7.49. The highest BCUT2D eigenvalue weighted by Gasteiger charge is 2.48. The Hall–Kier alpha value is -3.72. The maximum absolute atomic E-state index is 15.5. The van der Waals surface area contributed by atoms with Crippen LogP contribution in [-0.4, -0.2) is 32.8 Å². The second kappa shape index (κ2) is 7.66. The highest BCUT2D eigenvalue weighted by molar-refractivity contribution is 6.03. The number of rotatable bonds is 4. The van der Waals surface area contributed by atoms with Crippen molar-refractivity contribution in [2.24, 2.45) is 21.7 Å². The second-order valence-electron chi connectivity index (χ2n) is 9.05. The molecule has 1 aliphatic carbocycles. The number of aryl methyl sites for hydroxylation is 1. The molecule has 0 radical (unpaired) electrons. The first kappa shape index (κ1) is 20.9. The number of amidine groups is 1. The van der Waals surface area contributed by atoms with Gasteiger partial charge in [-0.3, -0.25) is 4.99 Å². The maximum Gasteiger partial charge on any atom is 0.267 e. The molecule has 4 N–H and O–H groups in total. The molecule has 2 aromatic carbocycles. The van der Waals surface area contributed by atoms with Gasteiger partial charge >= 0.3 is 0 Å². The van der Waals surface area contributed by atoms with Gasteiger partial charge in [-0.2, -0.15) is 10.8 Å². The molecule has 3 aliphatic rings. The fourth-order valence-corrected chi connectivity index (χ4v) is 4.82. The third kappa shape index (κ3) is 3.27. The van der Waals surface area contributed by atoms with E-state index in [1.807, 2.05) is 43.3 Å². The van der Waals surface area contributed by atoms with Crippen LogP contribution < -0.4 is 11.2 Å².